The number of nitrogens with one attached hydrogen (secondary N) is 1. The number of benzene rings is 1. The minimum absolute atomic E-state index is 0.0558. The zero-order valence-electron chi connectivity index (χ0n) is 18.3. The molecule has 172 valence electrons. The molecule has 2 heterocycles. The molecule has 1 fully saturated rings. The molecule has 0 bridgehead atoms. The number of oxime groups is 1. The second kappa shape index (κ2) is 11.4. The van der Waals surface area contributed by atoms with Crippen molar-refractivity contribution in [1.29, 1.82) is 0 Å². The lowest BCUT2D eigenvalue weighted by molar-refractivity contribution is 0.0845. The Morgan fingerprint density at radius 3 is 2.69 bits per heavy atom. The van der Waals surface area contributed by atoms with Crippen LogP contribution in [0.25, 0.3) is 11.1 Å². The number of rotatable bonds is 8. The molecule has 2 aromatic rings. The number of nitrogens with zero attached hydrogens (tertiary/aromatic N) is 4. The number of carbonyl (C=O) groups is 1. The van der Waals surface area contributed by atoms with Crippen LogP contribution in [0.1, 0.15) is 25.3 Å². The summed E-state index contributed by atoms with van der Waals surface area (Å²) in [6, 6.07) is 4.90. The Morgan fingerprint density at radius 2 is 2.03 bits per heavy atom. The molecule has 0 radical (unpaired) electrons. The maximum atomic E-state index is 14.9. The van der Waals surface area contributed by atoms with Crippen LogP contribution in [-0.2, 0) is 16.2 Å². The lowest BCUT2D eigenvalue weighted by Crippen LogP contribution is -2.35. The first-order valence-corrected chi connectivity index (χ1v) is 10.5. The van der Waals surface area contributed by atoms with Crippen LogP contribution in [0.4, 0.5) is 15.1 Å². The topological polar surface area (TPSA) is 109 Å². The van der Waals surface area contributed by atoms with Crippen LogP contribution >= 0.6 is 0 Å². The largest absolute Gasteiger partial charge is 0.445 e. The number of hydrogen-bond donors (Lipinski definition) is 2. The van der Waals surface area contributed by atoms with E-state index in [1.807, 2.05) is 11.8 Å². The van der Waals surface area contributed by atoms with Gasteiger partial charge in [0.2, 0.25) is 5.95 Å². The number of alkyl carbamates (subject to hydrolysis) is 1. The summed E-state index contributed by atoms with van der Waals surface area (Å²) in [5.74, 6) is 0.157. The molecule has 32 heavy (non-hydrogen) atoms. The first-order valence-electron chi connectivity index (χ1n) is 10.5. The molecular weight excluding hydrogens is 417 g/mol. The molecule has 2 N–H and O–H groups in total. The van der Waals surface area contributed by atoms with Crippen molar-refractivity contribution in [3.05, 3.63) is 42.0 Å². The second-order valence-corrected chi connectivity index (χ2v) is 7.60. The van der Waals surface area contributed by atoms with E-state index in [9.17, 15) is 9.18 Å². The third-order valence-electron chi connectivity index (χ3n) is 5.08. The monoisotopic (exact) mass is 445 g/mol. The number of anilines is 1. The Balaban J connectivity index is 1.60. The third-order valence-corrected chi connectivity index (χ3v) is 5.08. The van der Waals surface area contributed by atoms with E-state index >= 15 is 0 Å². The molecule has 1 aliphatic rings. The second-order valence-electron chi connectivity index (χ2n) is 7.60. The van der Waals surface area contributed by atoms with E-state index in [2.05, 4.69) is 20.4 Å². The van der Waals surface area contributed by atoms with Gasteiger partial charge in [-0.3, -0.25) is 0 Å². The molecule has 1 aliphatic heterocycles. The van der Waals surface area contributed by atoms with E-state index in [1.165, 1.54) is 7.05 Å². The molecule has 1 aromatic heterocycles. The summed E-state index contributed by atoms with van der Waals surface area (Å²) in [5, 5.41) is 15.5. The van der Waals surface area contributed by atoms with Crippen LogP contribution < -0.4 is 10.2 Å². The summed E-state index contributed by atoms with van der Waals surface area (Å²) in [7, 11) is 1.44. The molecule has 1 unspecified atom stereocenters. The van der Waals surface area contributed by atoms with Crippen molar-refractivity contribution >= 4 is 17.8 Å². The van der Waals surface area contributed by atoms with E-state index in [1.54, 1.807) is 30.6 Å². The van der Waals surface area contributed by atoms with Gasteiger partial charge in [-0.25, -0.2) is 19.2 Å². The quantitative estimate of drug-likeness (QED) is 0.602. The molecule has 0 aliphatic carbocycles. The first-order chi connectivity index (χ1) is 15.5. The Hall–Kier alpha value is -3.27. The third kappa shape index (κ3) is 6.13. The van der Waals surface area contributed by atoms with Crippen LogP contribution in [0.2, 0.25) is 0 Å². The number of aromatic nitrogens is 2. The molecule has 1 saturated heterocycles. The standard InChI is InChI=1S/C22H28FN5O4/c1-15(12-29)13-32-27-18-6-8-28(9-7-18)21-25-10-17(11-26-21)19-5-3-4-16(20(19)23)14-31-22(30)24-2/h3-5,10-11,15,29H,6-9,12-14H2,1-2H3,(H,24,30). The fourth-order valence-corrected chi connectivity index (χ4v) is 3.12. The SMILES string of the molecule is CNC(=O)OCc1cccc(-c2cnc(N3CCC(=NOCC(C)CO)CC3)nc2)c1F. The molecule has 1 amide bonds. The molecule has 0 spiro atoms. The van der Waals surface area contributed by atoms with E-state index in [0.29, 0.717) is 36.8 Å². The molecule has 3 rings (SSSR count). The Labute approximate surface area is 186 Å². The summed E-state index contributed by atoms with van der Waals surface area (Å²) in [4.78, 5) is 27.4. The summed E-state index contributed by atoms with van der Waals surface area (Å²) in [6.07, 6.45) is 4.03. The minimum atomic E-state index is -0.622. The average molecular weight is 445 g/mol. The summed E-state index contributed by atoms with van der Waals surface area (Å²) < 4.78 is 19.8. The van der Waals surface area contributed by atoms with E-state index < -0.39 is 11.9 Å². The Bertz CT molecular complexity index is 928. The van der Waals surface area contributed by atoms with Gasteiger partial charge in [-0.15, -0.1) is 0 Å². The number of aliphatic hydroxyl groups is 1. The van der Waals surface area contributed by atoms with Gasteiger partial charge in [0.05, 0.1) is 5.71 Å². The van der Waals surface area contributed by atoms with Crippen molar-refractivity contribution < 1.29 is 23.9 Å². The van der Waals surface area contributed by atoms with Gasteiger partial charge in [0.25, 0.3) is 0 Å². The van der Waals surface area contributed by atoms with E-state index in [-0.39, 0.29) is 24.7 Å². The van der Waals surface area contributed by atoms with E-state index in [0.717, 1.165) is 18.6 Å². The molecule has 10 heteroatoms. The average Bonchev–Trinajstić information content (AvgIpc) is 2.83. The van der Waals surface area contributed by atoms with E-state index in [4.69, 9.17) is 14.7 Å². The van der Waals surface area contributed by atoms with Crippen molar-refractivity contribution in [2.24, 2.45) is 11.1 Å². The van der Waals surface area contributed by atoms with Crippen molar-refractivity contribution in [2.75, 3.05) is 38.3 Å². The fraction of sp³-hybridized carbons (Fsp3) is 0.455. The highest BCUT2D eigenvalue weighted by Crippen LogP contribution is 2.25. The highest BCUT2D eigenvalue weighted by Gasteiger charge is 2.19. The number of amides is 1. The molecule has 9 nitrogen and oxygen atoms in total. The number of hydrogen-bond acceptors (Lipinski definition) is 8. The number of piperidine rings is 1. The van der Waals surface area contributed by atoms with Crippen molar-refractivity contribution in [1.82, 2.24) is 15.3 Å². The molecule has 1 atom stereocenters. The zero-order valence-corrected chi connectivity index (χ0v) is 18.3. The summed E-state index contributed by atoms with van der Waals surface area (Å²) in [5.41, 5.74) is 2.13. The van der Waals surface area contributed by atoms with Crippen LogP contribution in [0.3, 0.4) is 0 Å². The van der Waals surface area contributed by atoms with Crippen LogP contribution in [0, 0.1) is 11.7 Å². The minimum Gasteiger partial charge on any atom is -0.445 e. The molecule has 1 aromatic carbocycles. The lowest BCUT2D eigenvalue weighted by Gasteiger charge is -2.27. The zero-order chi connectivity index (χ0) is 22.9. The summed E-state index contributed by atoms with van der Waals surface area (Å²) in [6.45, 7) is 3.60. The maximum absolute atomic E-state index is 14.9. The number of carbonyl (C=O) groups excluding carboxylic acids is 1. The van der Waals surface area contributed by atoms with Crippen molar-refractivity contribution in [3.8, 4) is 11.1 Å². The van der Waals surface area contributed by atoms with Gasteiger partial charge < -0.3 is 24.9 Å². The van der Waals surface area contributed by atoms with Gasteiger partial charge in [-0.05, 0) is 0 Å². The fourth-order valence-electron chi connectivity index (χ4n) is 3.12. The normalized spacial score (nSPS) is 14.6. The smallest absolute Gasteiger partial charge is 0.407 e. The number of halogens is 1. The summed E-state index contributed by atoms with van der Waals surface area (Å²) >= 11 is 0. The first kappa shape index (κ1) is 23.4. The maximum Gasteiger partial charge on any atom is 0.407 e. The predicted molar refractivity (Wildman–Crippen MR) is 118 cm³/mol. The van der Waals surface area contributed by atoms with Crippen molar-refractivity contribution in [3.63, 3.8) is 0 Å². The molecule has 0 saturated carbocycles. The van der Waals surface area contributed by atoms with Gasteiger partial charge in [-0.2, -0.15) is 0 Å². The van der Waals surface area contributed by atoms with Crippen LogP contribution in [0.5, 0.6) is 0 Å². The van der Waals surface area contributed by atoms with Crippen LogP contribution in [-0.4, -0.2) is 60.2 Å². The Morgan fingerprint density at radius 1 is 1.31 bits per heavy atom. The number of aliphatic hydroxyl groups excluding tert-OH is 1. The lowest BCUT2D eigenvalue weighted by atomic mass is 10.1. The van der Waals surface area contributed by atoms with Gasteiger partial charge >= 0.3 is 6.09 Å². The van der Waals surface area contributed by atoms with Crippen LogP contribution in [0.15, 0.2) is 35.7 Å². The van der Waals surface area contributed by atoms with Gasteiger partial charge in [-0.1, -0.05) is 30.3 Å². The van der Waals surface area contributed by atoms with Crippen molar-refractivity contribution in [2.45, 2.75) is 26.4 Å². The highest BCUT2D eigenvalue weighted by molar-refractivity contribution is 5.86. The Kier molecular flexibility index (Phi) is 8.32. The predicted octanol–water partition coefficient (Wildman–Crippen LogP) is 2.74. The highest BCUT2D eigenvalue weighted by atomic mass is 19.1. The van der Waals surface area contributed by atoms with Gasteiger partial charge in [0.15, 0.2) is 0 Å². The molecular formula is C22H28FN5O4. The van der Waals surface area contributed by atoms with Gasteiger partial charge in [0.1, 0.15) is 19.0 Å². The van der Waals surface area contributed by atoms with Gasteiger partial charge in [0, 0.05) is 74.6 Å². The number of ether oxygens (including phenoxy) is 1.